The number of piperazine rings is 1. The zero-order valence-corrected chi connectivity index (χ0v) is 19.7. The lowest BCUT2D eigenvalue weighted by Gasteiger charge is -2.37. The lowest BCUT2D eigenvalue weighted by molar-refractivity contribution is -0.135. The average molecular weight is 482 g/mol. The number of benzene rings is 2. The van der Waals surface area contributed by atoms with Gasteiger partial charge in [0.15, 0.2) is 0 Å². The molecule has 2 aromatic carbocycles. The van der Waals surface area contributed by atoms with E-state index in [4.69, 9.17) is 4.74 Å². The van der Waals surface area contributed by atoms with Crippen LogP contribution < -0.4 is 10.2 Å². The molecule has 184 valence electrons. The van der Waals surface area contributed by atoms with Crippen LogP contribution in [0, 0.1) is 5.92 Å². The van der Waals surface area contributed by atoms with Gasteiger partial charge in [0.2, 0.25) is 5.91 Å². The smallest absolute Gasteiger partial charge is 0.263 e. The Morgan fingerprint density at radius 1 is 1.11 bits per heavy atom. The summed E-state index contributed by atoms with van der Waals surface area (Å²) < 4.78 is 31.7. The van der Waals surface area contributed by atoms with Gasteiger partial charge in [0, 0.05) is 55.5 Å². The van der Waals surface area contributed by atoms with Crippen LogP contribution in [0.25, 0.3) is 10.9 Å². The van der Waals surface area contributed by atoms with Crippen molar-refractivity contribution in [1.29, 1.82) is 0 Å². The molecule has 1 N–H and O–H groups in total. The number of fused-ring (bicyclic) bond motifs is 1. The van der Waals surface area contributed by atoms with E-state index in [1.165, 1.54) is 12.1 Å². The number of rotatable bonds is 6. The first-order valence-corrected chi connectivity index (χ1v) is 12.0. The molecular weight excluding hydrogens is 452 g/mol. The Bertz CT molecular complexity index is 1190. The zero-order valence-electron chi connectivity index (χ0n) is 19.7. The van der Waals surface area contributed by atoms with E-state index in [-0.39, 0.29) is 23.4 Å². The minimum atomic E-state index is -2.50. The lowest BCUT2D eigenvalue weighted by atomic mass is 10.0. The third-order valence-corrected chi connectivity index (χ3v) is 6.89. The average Bonchev–Trinajstić information content (AvgIpc) is 3.43. The quantitative estimate of drug-likeness (QED) is 0.562. The summed E-state index contributed by atoms with van der Waals surface area (Å²) in [6, 6.07) is 12.3. The first-order valence-electron chi connectivity index (χ1n) is 12.0. The van der Waals surface area contributed by atoms with E-state index in [0.29, 0.717) is 26.3 Å². The lowest BCUT2D eigenvalue weighted by Crippen LogP contribution is -2.50. The molecule has 2 aliphatic rings. The van der Waals surface area contributed by atoms with Crippen LogP contribution in [-0.4, -0.2) is 60.4 Å². The minimum absolute atomic E-state index is 0.00203. The molecule has 1 aromatic heterocycles. The number of halogens is 2. The highest BCUT2D eigenvalue weighted by atomic mass is 19.3. The van der Waals surface area contributed by atoms with Crippen LogP contribution in [0.2, 0.25) is 0 Å². The number of aromatic nitrogens is 2. The van der Waals surface area contributed by atoms with Crippen LogP contribution in [0.15, 0.2) is 48.7 Å². The number of nitrogens with one attached hydrogen (secondary N) is 1. The number of carbonyl (C=O) groups excluding carboxylic acids is 1. The first kappa shape index (κ1) is 23.4. The van der Waals surface area contributed by atoms with Crippen molar-refractivity contribution in [1.82, 2.24) is 15.1 Å². The zero-order chi connectivity index (χ0) is 24.4. The number of ether oxygens (including phenoxy) is 1. The monoisotopic (exact) mass is 481 g/mol. The molecule has 0 aliphatic carbocycles. The van der Waals surface area contributed by atoms with Crippen LogP contribution in [-0.2, 0) is 9.53 Å². The molecule has 0 spiro atoms. The highest BCUT2D eigenvalue weighted by molar-refractivity contribution is 5.93. The summed E-state index contributed by atoms with van der Waals surface area (Å²) >= 11 is 0. The molecule has 35 heavy (non-hydrogen) atoms. The number of hydrogen-bond acceptors (Lipinski definition) is 6. The van der Waals surface area contributed by atoms with Gasteiger partial charge in [0.25, 0.3) is 6.43 Å². The van der Waals surface area contributed by atoms with E-state index in [0.717, 1.165) is 47.4 Å². The molecule has 7 nitrogen and oxygen atoms in total. The number of hydrogen-bond donors (Lipinski definition) is 1. The van der Waals surface area contributed by atoms with Crippen molar-refractivity contribution in [3.05, 3.63) is 59.8 Å². The van der Waals surface area contributed by atoms with Gasteiger partial charge >= 0.3 is 0 Å². The van der Waals surface area contributed by atoms with Gasteiger partial charge in [-0.05, 0) is 43.2 Å². The number of carbonyl (C=O) groups is 1. The summed E-state index contributed by atoms with van der Waals surface area (Å²) in [5.41, 5.74) is 3.38. The van der Waals surface area contributed by atoms with Gasteiger partial charge in [-0.2, -0.15) is 10.2 Å². The molecule has 0 radical (unpaired) electrons. The topological polar surface area (TPSA) is 70.6 Å². The van der Waals surface area contributed by atoms with Crippen LogP contribution in [0.4, 0.5) is 20.2 Å². The van der Waals surface area contributed by atoms with Crippen LogP contribution in [0.5, 0.6) is 0 Å². The van der Waals surface area contributed by atoms with E-state index in [2.05, 4.69) is 26.5 Å². The number of anilines is 2. The van der Waals surface area contributed by atoms with E-state index >= 15 is 0 Å². The Morgan fingerprint density at radius 3 is 2.66 bits per heavy atom. The third-order valence-electron chi connectivity index (χ3n) is 6.89. The van der Waals surface area contributed by atoms with Crippen LogP contribution in [0.1, 0.15) is 36.9 Å². The molecule has 0 bridgehead atoms. The molecule has 1 unspecified atom stereocenters. The summed E-state index contributed by atoms with van der Waals surface area (Å²) in [5.74, 6) is 0.199. The normalized spacial score (nSPS) is 19.4. The summed E-state index contributed by atoms with van der Waals surface area (Å²) in [6.07, 6.45) is -0.0268. The molecule has 2 aliphatic heterocycles. The summed E-state index contributed by atoms with van der Waals surface area (Å²) in [5, 5.41) is 12.7. The first-order chi connectivity index (χ1) is 17.0. The molecule has 2 atom stereocenters. The second-order valence-electron chi connectivity index (χ2n) is 9.17. The fourth-order valence-electron chi connectivity index (χ4n) is 4.81. The molecule has 3 aromatic rings. The molecular formula is C26H29F2N5O2. The Morgan fingerprint density at radius 2 is 1.91 bits per heavy atom. The second-order valence-corrected chi connectivity index (χ2v) is 9.17. The van der Waals surface area contributed by atoms with Crippen molar-refractivity contribution >= 4 is 28.2 Å². The fraction of sp³-hybridized carbons (Fsp3) is 0.423. The van der Waals surface area contributed by atoms with E-state index < -0.39 is 6.43 Å². The Hall–Kier alpha value is -3.33. The highest BCUT2D eigenvalue weighted by Gasteiger charge is 2.30. The van der Waals surface area contributed by atoms with Gasteiger partial charge in [-0.15, -0.1) is 0 Å². The molecule has 5 rings (SSSR count). The maximum absolute atomic E-state index is 13.1. The number of alkyl halides is 2. The van der Waals surface area contributed by atoms with E-state index in [9.17, 15) is 13.6 Å². The van der Waals surface area contributed by atoms with Gasteiger partial charge in [-0.3, -0.25) is 4.79 Å². The van der Waals surface area contributed by atoms with Crippen molar-refractivity contribution in [3.8, 4) is 0 Å². The molecule has 3 heterocycles. The molecule has 2 fully saturated rings. The summed E-state index contributed by atoms with van der Waals surface area (Å²) in [4.78, 5) is 16.9. The Kier molecular flexibility index (Phi) is 6.77. The maximum atomic E-state index is 13.1. The molecule has 2 saturated heterocycles. The Labute approximate surface area is 203 Å². The highest BCUT2D eigenvalue weighted by Crippen LogP contribution is 2.30. The minimum Gasteiger partial charge on any atom is -0.381 e. The predicted octanol–water partition coefficient (Wildman–Crippen LogP) is 4.43. The standard InChI is InChI=1S/C26H29F2N5O2/c1-17(18-3-2-4-19(13-18)25(27)28)30-24-15-29-31-23-6-5-21(14-22(23)24)32-8-10-33(11-9-32)26(34)20-7-12-35-16-20/h2-6,13-15,17,20,25H,7-12,16H2,1H3,(H,30,31)/t17-,20?/m1/s1. The van der Waals surface area contributed by atoms with Crippen LogP contribution in [0.3, 0.4) is 0 Å². The maximum Gasteiger partial charge on any atom is 0.263 e. The van der Waals surface area contributed by atoms with Crippen molar-refractivity contribution in [3.63, 3.8) is 0 Å². The number of nitrogens with zero attached hydrogens (tertiary/aromatic N) is 4. The predicted molar refractivity (Wildman–Crippen MR) is 131 cm³/mol. The van der Waals surface area contributed by atoms with Crippen molar-refractivity contribution in [2.24, 2.45) is 5.92 Å². The summed E-state index contributed by atoms with van der Waals surface area (Å²) in [7, 11) is 0. The second kappa shape index (κ2) is 10.1. The molecule has 0 saturated carbocycles. The number of amides is 1. The van der Waals surface area contributed by atoms with Gasteiger partial charge < -0.3 is 19.9 Å². The van der Waals surface area contributed by atoms with Gasteiger partial charge in [-0.1, -0.05) is 18.2 Å². The van der Waals surface area contributed by atoms with Crippen molar-refractivity contribution in [2.75, 3.05) is 49.6 Å². The molecule has 1 amide bonds. The SMILES string of the molecule is C[C@@H](Nc1cnnc2ccc(N3CCN(C(=O)C4CCOC4)CC3)cc12)c1cccc(C(F)F)c1. The van der Waals surface area contributed by atoms with Gasteiger partial charge in [0.05, 0.1) is 29.9 Å². The molecule has 9 heteroatoms. The Balaban J connectivity index is 1.31. The van der Waals surface area contributed by atoms with E-state index in [1.54, 1.807) is 12.3 Å². The van der Waals surface area contributed by atoms with Crippen molar-refractivity contribution in [2.45, 2.75) is 25.8 Å². The van der Waals surface area contributed by atoms with Crippen LogP contribution >= 0.6 is 0 Å². The van der Waals surface area contributed by atoms with Gasteiger partial charge in [-0.25, -0.2) is 8.78 Å². The van der Waals surface area contributed by atoms with Crippen molar-refractivity contribution < 1.29 is 18.3 Å². The van der Waals surface area contributed by atoms with Gasteiger partial charge in [0.1, 0.15) is 0 Å². The largest absolute Gasteiger partial charge is 0.381 e. The third kappa shape index (κ3) is 5.05. The summed E-state index contributed by atoms with van der Waals surface area (Å²) in [6.45, 7) is 6.02. The fourth-order valence-corrected chi connectivity index (χ4v) is 4.81. The van der Waals surface area contributed by atoms with E-state index in [1.807, 2.05) is 30.0 Å².